The van der Waals surface area contributed by atoms with E-state index < -0.39 is 0 Å². The van der Waals surface area contributed by atoms with Crippen molar-refractivity contribution in [1.82, 2.24) is 15.2 Å². The Morgan fingerprint density at radius 2 is 1.87 bits per heavy atom. The van der Waals surface area contributed by atoms with Crippen molar-refractivity contribution in [1.29, 1.82) is 0 Å². The highest BCUT2D eigenvalue weighted by atomic mass is 19.1. The number of halogens is 1. The van der Waals surface area contributed by atoms with E-state index in [2.05, 4.69) is 10.3 Å². The minimum absolute atomic E-state index is 0.0906. The Labute approximate surface area is 179 Å². The van der Waals surface area contributed by atoms with E-state index in [1.54, 1.807) is 48.2 Å². The molecule has 3 aromatic rings. The van der Waals surface area contributed by atoms with Crippen LogP contribution in [0.1, 0.15) is 34.5 Å². The molecule has 0 saturated carbocycles. The van der Waals surface area contributed by atoms with E-state index in [-0.39, 0.29) is 41.3 Å². The number of nitrogens with one attached hydrogen (secondary N) is 2. The van der Waals surface area contributed by atoms with Gasteiger partial charge in [-0.05, 0) is 54.5 Å². The SMILES string of the molecule is Cc1ccc(CNC(=O)C2CCN(C(=O)c3cc4ccccc4c(=O)[nH]3)CC2)cc1F. The summed E-state index contributed by atoms with van der Waals surface area (Å²) in [6.45, 7) is 2.84. The fourth-order valence-corrected chi connectivity index (χ4v) is 3.92. The average molecular weight is 421 g/mol. The summed E-state index contributed by atoms with van der Waals surface area (Å²) in [5.41, 5.74) is 1.25. The molecule has 0 spiro atoms. The lowest BCUT2D eigenvalue weighted by Crippen LogP contribution is -2.43. The second kappa shape index (κ2) is 8.71. The number of carbonyl (C=O) groups is 2. The molecule has 0 radical (unpaired) electrons. The molecule has 7 heteroatoms. The summed E-state index contributed by atoms with van der Waals surface area (Å²) in [5.74, 6) is -0.815. The normalized spacial score (nSPS) is 14.6. The van der Waals surface area contributed by atoms with Crippen molar-refractivity contribution < 1.29 is 14.0 Å². The number of hydrogen-bond donors (Lipinski definition) is 2. The first-order chi connectivity index (χ1) is 14.9. The van der Waals surface area contributed by atoms with Crippen LogP contribution in [0, 0.1) is 18.7 Å². The van der Waals surface area contributed by atoms with Crippen molar-refractivity contribution in [3.8, 4) is 0 Å². The van der Waals surface area contributed by atoms with Gasteiger partial charge in [0, 0.05) is 30.9 Å². The van der Waals surface area contributed by atoms with Crippen molar-refractivity contribution in [2.24, 2.45) is 5.92 Å². The van der Waals surface area contributed by atoms with Gasteiger partial charge in [0.05, 0.1) is 0 Å². The third-order valence-corrected chi connectivity index (χ3v) is 5.84. The van der Waals surface area contributed by atoms with Crippen LogP contribution in [-0.4, -0.2) is 34.8 Å². The average Bonchev–Trinajstić information content (AvgIpc) is 2.79. The van der Waals surface area contributed by atoms with Gasteiger partial charge < -0.3 is 15.2 Å². The van der Waals surface area contributed by atoms with Gasteiger partial charge in [-0.2, -0.15) is 0 Å². The molecular weight excluding hydrogens is 397 g/mol. The maximum Gasteiger partial charge on any atom is 0.270 e. The molecule has 2 heterocycles. The van der Waals surface area contributed by atoms with Gasteiger partial charge in [-0.15, -0.1) is 0 Å². The smallest absolute Gasteiger partial charge is 0.270 e. The Bertz CT molecular complexity index is 1200. The van der Waals surface area contributed by atoms with Gasteiger partial charge in [0.1, 0.15) is 11.5 Å². The minimum atomic E-state index is -0.289. The maximum atomic E-state index is 13.7. The molecule has 1 fully saturated rings. The van der Waals surface area contributed by atoms with Gasteiger partial charge >= 0.3 is 0 Å². The molecule has 1 aliphatic heterocycles. The Kier molecular flexibility index (Phi) is 5.84. The Morgan fingerprint density at radius 3 is 2.61 bits per heavy atom. The third kappa shape index (κ3) is 4.50. The predicted molar refractivity (Wildman–Crippen MR) is 116 cm³/mol. The van der Waals surface area contributed by atoms with Crippen LogP contribution in [0.3, 0.4) is 0 Å². The van der Waals surface area contributed by atoms with Crippen LogP contribution < -0.4 is 10.9 Å². The fourth-order valence-electron chi connectivity index (χ4n) is 3.92. The number of hydrogen-bond acceptors (Lipinski definition) is 3. The van der Waals surface area contributed by atoms with Gasteiger partial charge in [-0.1, -0.05) is 30.3 Å². The number of H-pyrrole nitrogens is 1. The predicted octanol–water partition coefficient (Wildman–Crippen LogP) is 3.14. The number of piperidine rings is 1. The van der Waals surface area contributed by atoms with E-state index in [9.17, 15) is 18.8 Å². The van der Waals surface area contributed by atoms with E-state index in [1.165, 1.54) is 6.07 Å². The quantitative estimate of drug-likeness (QED) is 0.679. The van der Waals surface area contributed by atoms with Crippen LogP contribution in [0.15, 0.2) is 53.3 Å². The highest BCUT2D eigenvalue weighted by Crippen LogP contribution is 2.20. The first-order valence-corrected chi connectivity index (χ1v) is 10.4. The van der Waals surface area contributed by atoms with Crippen molar-refractivity contribution in [2.75, 3.05) is 13.1 Å². The molecule has 2 aromatic carbocycles. The van der Waals surface area contributed by atoms with Crippen molar-refractivity contribution >= 4 is 22.6 Å². The minimum Gasteiger partial charge on any atom is -0.352 e. The molecule has 4 rings (SSSR count). The number of likely N-dealkylation sites (tertiary alicyclic amines) is 1. The summed E-state index contributed by atoms with van der Waals surface area (Å²) >= 11 is 0. The van der Waals surface area contributed by atoms with Crippen LogP contribution in [0.2, 0.25) is 0 Å². The van der Waals surface area contributed by atoms with Crippen LogP contribution in [0.25, 0.3) is 10.8 Å². The molecule has 31 heavy (non-hydrogen) atoms. The van der Waals surface area contributed by atoms with Crippen LogP contribution in [-0.2, 0) is 11.3 Å². The number of carbonyl (C=O) groups excluding carboxylic acids is 2. The molecule has 160 valence electrons. The summed E-state index contributed by atoms with van der Waals surface area (Å²) < 4.78 is 13.7. The number of benzene rings is 2. The number of amides is 2. The first-order valence-electron chi connectivity index (χ1n) is 10.4. The molecule has 2 N–H and O–H groups in total. The number of pyridine rings is 1. The lowest BCUT2D eigenvalue weighted by Gasteiger charge is -2.31. The summed E-state index contributed by atoms with van der Waals surface area (Å²) in [7, 11) is 0. The highest BCUT2D eigenvalue weighted by molar-refractivity contribution is 5.96. The van der Waals surface area contributed by atoms with Crippen LogP contribution in [0.5, 0.6) is 0 Å². The van der Waals surface area contributed by atoms with Gasteiger partial charge in [0.15, 0.2) is 0 Å². The number of aryl methyl sites for hydroxylation is 1. The maximum absolute atomic E-state index is 13.7. The monoisotopic (exact) mass is 421 g/mol. The Morgan fingerprint density at radius 1 is 1.13 bits per heavy atom. The van der Waals surface area contributed by atoms with Crippen molar-refractivity contribution in [3.63, 3.8) is 0 Å². The summed E-state index contributed by atoms with van der Waals surface area (Å²) in [5, 5.41) is 4.13. The highest BCUT2D eigenvalue weighted by Gasteiger charge is 2.28. The largest absolute Gasteiger partial charge is 0.352 e. The zero-order chi connectivity index (χ0) is 22.0. The second-order valence-corrected chi connectivity index (χ2v) is 7.97. The summed E-state index contributed by atoms with van der Waals surface area (Å²) in [6.07, 6.45) is 1.08. The van der Waals surface area contributed by atoms with Gasteiger partial charge in [-0.25, -0.2) is 4.39 Å². The van der Waals surface area contributed by atoms with E-state index in [0.29, 0.717) is 42.4 Å². The molecular formula is C24H24FN3O3. The molecule has 0 bridgehead atoms. The van der Waals surface area contributed by atoms with Gasteiger partial charge in [0.2, 0.25) is 5.91 Å². The molecule has 2 amide bonds. The summed E-state index contributed by atoms with van der Waals surface area (Å²) in [6, 6.07) is 13.7. The number of rotatable bonds is 4. The standard InChI is InChI=1S/C24H24FN3O3/c1-15-6-7-16(12-20(15)25)14-26-22(29)17-8-10-28(11-9-17)24(31)21-13-18-4-2-3-5-19(18)23(30)27-21/h2-7,12-13,17H,8-11,14H2,1H3,(H,26,29)(H,27,30). The Balaban J connectivity index is 1.34. The molecule has 0 atom stereocenters. The van der Waals surface area contributed by atoms with Gasteiger partial charge in [0.25, 0.3) is 11.5 Å². The topological polar surface area (TPSA) is 82.3 Å². The molecule has 1 aliphatic rings. The van der Waals surface area contributed by atoms with E-state index in [4.69, 9.17) is 0 Å². The van der Waals surface area contributed by atoms with Crippen LogP contribution in [0.4, 0.5) is 4.39 Å². The summed E-state index contributed by atoms with van der Waals surface area (Å²) in [4.78, 5) is 42.0. The number of aromatic amines is 1. The number of aromatic nitrogens is 1. The third-order valence-electron chi connectivity index (χ3n) is 5.84. The van der Waals surface area contributed by atoms with Crippen molar-refractivity contribution in [3.05, 3.63) is 81.5 Å². The zero-order valence-corrected chi connectivity index (χ0v) is 17.3. The van der Waals surface area contributed by atoms with Crippen molar-refractivity contribution in [2.45, 2.75) is 26.3 Å². The first kappa shape index (κ1) is 20.8. The van der Waals surface area contributed by atoms with Crippen LogP contribution >= 0.6 is 0 Å². The van der Waals surface area contributed by atoms with Gasteiger partial charge in [-0.3, -0.25) is 14.4 Å². The number of fused-ring (bicyclic) bond motifs is 1. The molecule has 0 unspecified atom stereocenters. The molecule has 0 aliphatic carbocycles. The van der Waals surface area contributed by atoms with E-state index >= 15 is 0 Å². The molecule has 1 aromatic heterocycles. The fraction of sp³-hybridized carbons (Fsp3) is 0.292. The zero-order valence-electron chi connectivity index (χ0n) is 17.3. The van der Waals surface area contributed by atoms with E-state index in [1.807, 2.05) is 6.07 Å². The second-order valence-electron chi connectivity index (χ2n) is 7.97. The lowest BCUT2D eigenvalue weighted by atomic mass is 9.95. The lowest BCUT2D eigenvalue weighted by molar-refractivity contribution is -0.126. The molecule has 1 saturated heterocycles. The number of nitrogens with zero attached hydrogens (tertiary/aromatic N) is 1. The Hall–Kier alpha value is -3.48. The van der Waals surface area contributed by atoms with E-state index in [0.717, 1.165) is 5.39 Å². The molecule has 6 nitrogen and oxygen atoms in total.